The van der Waals surface area contributed by atoms with Gasteiger partial charge in [-0.3, -0.25) is 0 Å². The second kappa shape index (κ2) is 12.9. The van der Waals surface area contributed by atoms with Crippen molar-refractivity contribution in [1.29, 1.82) is 0 Å². The lowest BCUT2D eigenvalue weighted by molar-refractivity contribution is 0.270. The van der Waals surface area contributed by atoms with E-state index in [2.05, 4.69) is 32.0 Å². The van der Waals surface area contributed by atoms with E-state index in [9.17, 15) is 0 Å². The SMILES string of the molecule is CCN1CCN(c2nc(-c3ccc(Nc4ncnc5cc(Cl)ccc45)cc3)cc(-c3cc(OC)c(OC)c(OC)c3)n2)CC1. The predicted octanol–water partition coefficient (Wildman–Crippen LogP) is 6.32. The quantitative estimate of drug-likeness (QED) is 0.204. The fourth-order valence-electron chi connectivity index (χ4n) is 5.36. The third-order valence-corrected chi connectivity index (χ3v) is 8.05. The van der Waals surface area contributed by atoms with Crippen LogP contribution in [0.15, 0.2) is 67.0 Å². The number of rotatable bonds is 9. The van der Waals surface area contributed by atoms with Crippen LogP contribution < -0.4 is 24.4 Å². The fraction of sp³-hybridized carbons (Fsp3) is 0.273. The van der Waals surface area contributed by atoms with Gasteiger partial charge in [-0.15, -0.1) is 0 Å². The van der Waals surface area contributed by atoms with Crippen LogP contribution in [-0.4, -0.2) is 78.9 Å². The van der Waals surface area contributed by atoms with Gasteiger partial charge in [-0.1, -0.05) is 30.7 Å². The molecule has 1 aliphatic heterocycles. The van der Waals surface area contributed by atoms with Crippen molar-refractivity contribution in [2.45, 2.75) is 6.92 Å². The van der Waals surface area contributed by atoms with Gasteiger partial charge in [0.1, 0.15) is 12.1 Å². The first-order valence-corrected chi connectivity index (χ1v) is 14.8. The number of nitrogens with zero attached hydrogens (tertiary/aromatic N) is 6. The van der Waals surface area contributed by atoms with Crippen molar-refractivity contribution in [2.24, 2.45) is 0 Å². The first-order chi connectivity index (χ1) is 21.5. The number of methoxy groups -OCH3 is 3. The Morgan fingerprint density at radius 1 is 0.773 bits per heavy atom. The van der Waals surface area contributed by atoms with E-state index in [1.165, 1.54) is 6.33 Å². The Hall–Kier alpha value is -4.67. The number of fused-ring (bicyclic) bond motifs is 1. The molecule has 226 valence electrons. The van der Waals surface area contributed by atoms with E-state index < -0.39 is 0 Å². The number of nitrogens with one attached hydrogen (secondary N) is 1. The minimum atomic E-state index is 0.534. The number of likely N-dealkylation sites (N-methyl/N-ethyl adjacent to an activating group) is 1. The molecule has 2 aromatic heterocycles. The van der Waals surface area contributed by atoms with Gasteiger partial charge in [0.15, 0.2) is 11.5 Å². The number of ether oxygens (including phenoxy) is 3. The molecule has 0 spiro atoms. The molecule has 1 N–H and O–H groups in total. The van der Waals surface area contributed by atoms with E-state index >= 15 is 0 Å². The lowest BCUT2D eigenvalue weighted by Gasteiger charge is -2.34. The minimum Gasteiger partial charge on any atom is -0.493 e. The van der Waals surface area contributed by atoms with Crippen molar-refractivity contribution >= 4 is 40.0 Å². The average Bonchev–Trinajstić information content (AvgIpc) is 3.07. The van der Waals surface area contributed by atoms with Gasteiger partial charge < -0.3 is 29.3 Å². The largest absolute Gasteiger partial charge is 0.493 e. The molecular weight excluding hydrogens is 578 g/mol. The van der Waals surface area contributed by atoms with Crippen molar-refractivity contribution in [3.05, 3.63) is 72.0 Å². The molecule has 44 heavy (non-hydrogen) atoms. The molecule has 11 heteroatoms. The number of halogens is 1. The Morgan fingerprint density at radius 3 is 2.09 bits per heavy atom. The zero-order valence-electron chi connectivity index (χ0n) is 25.2. The molecule has 1 aliphatic rings. The summed E-state index contributed by atoms with van der Waals surface area (Å²) in [4.78, 5) is 23.5. The summed E-state index contributed by atoms with van der Waals surface area (Å²) in [6.45, 7) is 6.86. The molecule has 6 rings (SSSR count). The molecule has 0 saturated carbocycles. The van der Waals surface area contributed by atoms with E-state index in [4.69, 9.17) is 35.8 Å². The van der Waals surface area contributed by atoms with Gasteiger partial charge in [-0.2, -0.15) is 0 Å². The van der Waals surface area contributed by atoms with Crippen molar-refractivity contribution in [3.63, 3.8) is 0 Å². The maximum atomic E-state index is 6.16. The summed E-state index contributed by atoms with van der Waals surface area (Å²) in [6, 6.07) is 19.5. The lowest BCUT2D eigenvalue weighted by Crippen LogP contribution is -2.46. The number of aromatic nitrogens is 4. The Labute approximate surface area is 261 Å². The van der Waals surface area contributed by atoms with E-state index in [1.807, 2.05) is 60.7 Å². The first-order valence-electron chi connectivity index (χ1n) is 14.4. The van der Waals surface area contributed by atoms with Crippen LogP contribution in [0.2, 0.25) is 5.02 Å². The van der Waals surface area contributed by atoms with E-state index in [0.29, 0.717) is 34.0 Å². The Kier molecular flexibility index (Phi) is 8.63. The first kappa shape index (κ1) is 29.4. The molecule has 3 aromatic carbocycles. The van der Waals surface area contributed by atoms with Crippen LogP contribution in [0.4, 0.5) is 17.5 Å². The van der Waals surface area contributed by atoms with Gasteiger partial charge in [0.05, 0.1) is 38.2 Å². The molecule has 0 aliphatic carbocycles. The van der Waals surface area contributed by atoms with Gasteiger partial charge >= 0.3 is 0 Å². The molecule has 3 heterocycles. The summed E-state index contributed by atoms with van der Waals surface area (Å²) >= 11 is 6.16. The number of piperazine rings is 1. The van der Waals surface area contributed by atoms with Crippen LogP contribution in [0.5, 0.6) is 17.2 Å². The molecular formula is C33H34ClN7O3. The summed E-state index contributed by atoms with van der Waals surface area (Å²) < 4.78 is 16.8. The molecule has 0 atom stereocenters. The molecule has 0 unspecified atom stereocenters. The van der Waals surface area contributed by atoms with E-state index in [0.717, 1.165) is 71.8 Å². The second-order valence-electron chi connectivity index (χ2n) is 10.4. The molecule has 5 aromatic rings. The van der Waals surface area contributed by atoms with Crippen LogP contribution in [-0.2, 0) is 0 Å². The normalized spacial score (nSPS) is 13.6. The van der Waals surface area contributed by atoms with E-state index in [1.54, 1.807) is 21.3 Å². The van der Waals surface area contributed by atoms with Gasteiger partial charge in [0.2, 0.25) is 11.7 Å². The van der Waals surface area contributed by atoms with Crippen molar-refractivity contribution in [3.8, 4) is 39.8 Å². The zero-order chi connectivity index (χ0) is 30.6. The Bertz CT molecular complexity index is 1750. The van der Waals surface area contributed by atoms with Crippen molar-refractivity contribution < 1.29 is 14.2 Å². The summed E-state index contributed by atoms with van der Waals surface area (Å²) in [6.07, 6.45) is 1.53. The molecule has 10 nitrogen and oxygen atoms in total. The highest BCUT2D eigenvalue weighted by atomic mass is 35.5. The summed E-state index contributed by atoms with van der Waals surface area (Å²) in [5.74, 6) is 3.06. The third kappa shape index (κ3) is 6.04. The molecule has 1 saturated heterocycles. The van der Waals surface area contributed by atoms with Crippen LogP contribution in [0.1, 0.15) is 6.92 Å². The zero-order valence-corrected chi connectivity index (χ0v) is 25.9. The van der Waals surface area contributed by atoms with E-state index in [-0.39, 0.29) is 0 Å². The second-order valence-corrected chi connectivity index (χ2v) is 10.8. The number of hydrogen-bond donors (Lipinski definition) is 1. The van der Waals surface area contributed by atoms with Crippen LogP contribution >= 0.6 is 11.6 Å². The maximum Gasteiger partial charge on any atom is 0.226 e. The van der Waals surface area contributed by atoms with Gasteiger partial charge in [-0.05, 0) is 55.1 Å². The Balaban J connectivity index is 1.37. The molecule has 1 fully saturated rings. The maximum absolute atomic E-state index is 6.16. The lowest BCUT2D eigenvalue weighted by atomic mass is 10.1. The highest BCUT2D eigenvalue weighted by Gasteiger charge is 2.21. The minimum absolute atomic E-state index is 0.534. The predicted molar refractivity (Wildman–Crippen MR) is 175 cm³/mol. The van der Waals surface area contributed by atoms with Crippen LogP contribution in [0, 0.1) is 0 Å². The van der Waals surface area contributed by atoms with Gasteiger partial charge in [-0.25, -0.2) is 19.9 Å². The summed E-state index contributed by atoms with van der Waals surface area (Å²) in [5.41, 5.74) is 5.03. The number of hydrogen-bond acceptors (Lipinski definition) is 10. The number of benzene rings is 3. The van der Waals surface area contributed by atoms with Crippen molar-refractivity contribution in [2.75, 3.05) is 64.3 Å². The summed E-state index contributed by atoms with van der Waals surface area (Å²) in [5, 5.41) is 4.93. The topological polar surface area (TPSA) is 97.8 Å². The standard InChI is InChI=1S/C33H34ClN7O3/c1-5-40-12-14-41(15-13-40)33-38-26(19-27(39-33)22-16-29(42-2)31(44-4)30(17-22)43-3)21-6-9-24(10-7-21)37-32-25-11-8-23(34)18-28(25)35-20-36-32/h6-11,16-20H,5,12-15H2,1-4H3,(H,35,36,37). The molecule has 0 amide bonds. The monoisotopic (exact) mass is 611 g/mol. The fourth-order valence-corrected chi connectivity index (χ4v) is 5.52. The van der Waals surface area contributed by atoms with Crippen LogP contribution in [0.3, 0.4) is 0 Å². The highest BCUT2D eigenvalue weighted by molar-refractivity contribution is 6.31. The molecule has 0 bridgehead atoms. The summed E-state index contributed by atoms with van der Waals surface area (Å²) in [7, 11) is 4.82. The van der Waals surface area contributed by atoms with Gasteiger partial charge in [0.25, 0.3) is 0 Å². The number of anilines is 3. The van der Waals surface area contributed by atoms with Crippen LogP contribution in [0.25, 0.3) is 33.4 Å². The Morgan fingerprint density at radius 2 is 1.45 bits per heavy atom. The van der Waals surface area contributed by atoms with Gasteiger partial charge in [0, 0.05) is 53.4 Å². The van der Waals surface area contributed by atoms with Crippen molar-refractivity contribution in [1.82, 2.24) is 24.8 Å². The highest BCUT2D eigenvalue weighted by Crippen LogP contribution is 2.41. The average molecular weight is 612 g/mol. The molecule has 0 radical (unpaired) electrons. The smallest absolute Gasteiger partial charge is 0.226 e. The third-order valence-electron chi connectivity index (χ3n) is 7.82.